The Morgan fingerprint density at radius 2 is 0.917 bits per heavy atom. The van der Waals surface area contributed by atoms with Crippen molar-refractivity contribution >= 4 is 23.4 Å². The molecule has 2 aromatic rings. The van der Waals surface area contributed by atoms with Crippen LogP contribution in [0.3, 0.4) is 0 Å². The molecule has 244 valence electrons. The maximum atomic E-state index is 13.4. The van der Waals surface area contributed by atoms with Crippen LogP contribution in [0.25, 0.3) is 0 Å². The maximum Gasteiger partial charge on any atom is 0.241 e. The number of hydrogen-bond acceptors (Lipinski definition) is 6. The van der Waals surface area contributed by atoms with Crippen molar-refractivity contribution in [2.24, 2.45) is 10.8 Å². The second kappa shape index (κ2) is 11.6. The summed E-state index contributed by atoms with van der Waals surface area (Å²) in [5.41, 5.74) is -2.12. The number of fused-ring (bicyclic) bond motifs is 2. The summed E-state index contributed by atoms with van der Waals surface area (Å²) in [5.74, 6) is -1.86. The van der Waals surface area contributed by atoms with Gasteiger partial charge in [-0.1, -0.05) is 36.4 Å². The van der Waals surface area contributed by atoms with Gasteiger partial charge in [-0.3, -0.25) is 19.2 Å². The van der Waals surface area contributed by atoms with Crippen LogP contribution in [0.15, 0.2) is 95.1 Å². The van der Waals surface area contributed by atoms with E-state index in [0.29, 0.717) is 35.4 Å². The highest BCUT2D eigenvalue weighted by atomic mass is 19.1. The molecular formula is C38H34F2N4O4. The summed E-state index contributed by atoms with van der Waals surface area (Å²) in [6, 6.07) is 15.1. The SMILES string of the molecule is CN1CC=C2C(C)(C)C(=O)C(C#N)=C[C@@]2(c2ccc(F)cc2)C1=O.CN1CC=C2C(C)(C)C(=O)C(C#N)=C[C@]2(c2ccc(F)cc2)C1=O. The minimum Gasteiger partial charge on any atom is -0.341 e. The highest BCUT2D eigenvalue weighted by molar-refractivity contribution is 6.12. The van der Waals surface area contributed by atoms with Gasteiger partial charge in [0.2, 0.25) is 11.8 Å². The van der Waals surface area contributed by atoms with Gasteiger partial charge in [0.05, 0.1) is 22.0 Å². The number of hydrogen-bond donors (Lipinski definition) is 0. The van der Waals surface area contributed by atoms with Gasteiger partial charge in [0.15, 0.2) is 11.6 Å². The molecule has 2 heterocycles. The number of halogens is 2. The van der Waals surface area contributed by atoms with E-state index in [4.69, 9.17) is 0 Å². The van der Waals surface area contributed by atoms with Crippen LogP contribution in [0, 0.1) is 45.1 Å². The second-order valence-electron chi connectivity index (χ2n) is 13.5. The zero-order chi connectivity index (χ0) is 35.4. The molecule has 8 nitrogen and oxygen atoms in total. The lowest BCUT2D eigenvalue weighted by molar-refractivity contribution is -0.136. The Morgan fingerprint density at radius 1 is 0.604 bits per heavy atom. The van der Waals surface area contributed by atoms with E-state index in [1.165, 1.54) is 60.7 Å². The summed E-state index contributed by atoms with van der Waals surface area (Å²) in [6.07, 6.45) is 6.62. The zero-order valence-electron chi connectivity index (χ0n) is 27.5. The Hall–Kier alpha value is -5.48. The fourth-order valence-electron chi connectivity index (χ4n) is 7.35. The Kier molecular flexibility index (Phi) is 8.22. The van der Waals surface area contributed by atoms with Gasteiger partial charge in [-0.25, -0.2) is 8.78 Å². The first-order valence-electron chi connectivity index (χ1n) is 15.3. The largest absolute Gasteiger partial charge is 0.341 e. The van der Waals surface area contributed by atoms with Gasteiger partial charge in [0, 0.05) is 27.2 Å². The number of carbonyl (C=O) groups is 4. The monoisotopic (exact) mass is 648 g/mol. The Bertz CT molecular complexity index is 1830. The minimum atomic E-state index is -1.25. The molecule has 0 fully saturated rings. The number of nitriles is 2. The first-order valence-corrected chi connectivity index (χ1v) is 15.3. The average molecular weight is 649 g/mol. The van der Waals surface area contributed by atoms with E-state index in [1.54, 1.807) is 51.6 Å². The Labute approximate surface area is 277 Å². The smallest absolute Gasteiger partial charge is 0.241 e. The second-order valence-corrected chi connectivity index (χ2v) is 13.5. The van der Waals surface area contributed by atoms with Crippen LogP contribution in [0.4, 0.5) is 8.78 Å². The summed E-state index contributed by atoms with van der Waals surface area (Å²) in [4.78, 5) is 54.7. The van der Waals surface area contributed by atoms with Gasteiger partial charge >= 0.3 is 0 Å². The summed E-state index contributed by atoms with van der Waals surface area (Å²) in [6.45, 7) is 7.68. The fraction of sp³-hybridized carbons (Fsp3) is 0.316. The molecule has 2 aliphatic carbocycles. The van der Waals surface area contributed by atoms with E-state index < -0.39 is 33.3 Å². The fourth-order valence-corrected chi connectivity index (χ4v) is 7.35. The molecule has 4 aliphatic rings. The molecule has 0 unspecified atom stereocenters. The predicted octanol–water partition coefficient (Wildman–Crippen LogP) is 5.04. The van der Waals surface area contributed by atoms with E-state index in [0.717, 1.165) is 0 Å². The highest BCUT2D eigenvalue weighted by Crippen LogP contribution is 2.53. The first kappa shape index (κ1) is 33.9. The lowest BCUT2D eigenvalue weighted by Crippen LogP contribution is -2.55. The molecule has 0 saturated heterocycles. The van der Waals surface area contributed by atoms with E-state index in [1.807, 2.05) is 24.3 Å². The van der Waals surface area contributed by atoms with Gasteiger partial charge in [0.25, 0.3) is 0 Å². The molecule has 2 aromatic carbocycles. The first-order chi connectivity index (χ1) is 22.5. The van der Waals surface area contributed by atoms with Crippen molar-refractivity contribution < 1.29 is 28.0 Å². The quantitative estimate of drug-likeness (QED) is 0.421. The predicted molar refractivity (Wildman–Crippen MR) is 173 cm³/mol. The highest BCUT2D eigenvalue weighted by Gasteiger charge is 2.57. The third-order valence-corrected chi connectivity index (χ3v) is 9.89. The topological polar surface area (TPSA) is 122 Å². The van der Waals surface area contributed by atoms with Gasteiger partial charge in [0.1, 0.15) is 34.6 Å². The number of nitrogens with zero attached hydrogens (tertiary/aromatic N) is 4. The third-order valence-electron chi connectivity index (χ3n) is 9.89. The van der Waals surface area contributed by atoms with Crippen LogP contribution >= 0.6 is 0 Å². The Morgan fingerprint density at radius 3 is 1.21 bits per heavy atom. The Balaban J connectivity index is 0.000000188. The van der Waals surface area contributed by atoms with Crippen molar-refractivity contribution in [3.63, 3.8) is 0 Å². The van der Waals surface area contributed by atoms with Gasteiger partial charge in [-0.2, -0.15) is 10.5 Å². The number of allylic oxidation sites excluding steroid dienone is 2. The van der Waals surface area contributed by atoms with Gasteiger partial charge in [-0.15, -0.1) is 0 Å². The third kappa shape index (κ3) is 4.83. The number of carbonyl (C=O) groups excluding carboxylic acids is 4. The number of amides is 2. The summed E-state index contributed by atoms with van der Waals surface area (Å²) < 4.78 is 26.7. The summed E-state index contributed by atoms with van der Waals surface area (Å²) >= 11 is 0. The minimum absolute atomic E-state index is 0.0369. The molecule has 0 aromatic heterocycles. The molecular weight excluding hydrogens is 614 g/mol. The molecule has 2 amide bonds. The van der Waals surface area contributed by atoms with Crippen molar-refractivity contribution in [1.82, 2.24) is 9.80 Å². The van der Waals surface area contributed by atoms with Crippen LogP contribution in [0.5, 0.6) is 0 Å². The lowest BCUT2D eigenvalue weighted by atomic mass is 9.56. The molecule has 2 atom stereocenters. The number of benzene rings is 2. The molecule has 0 saturated carbocycles. The maximum absolute atomic E-state index is 13.4. The van der Waals surface area contributed by atoms with E-state index in [2.05, 4.69) is 0 Å². The van der Waals surface area contributed by atoms with E-state index in [9.17, 15) is 38.5 Å². The summed E-state index contributed by atoms with van der Waals surface area (Å²) in [5, 5.41) is 18.8. The number of rotatable bonds is 2. The normalized spacial score (nSPS) is 25.5. The van der Waals surface area contributed by atoms with E-state index in [-0.39, 0.29) is 34.5 Å². The number of likely N-dealkylation sites (N-methyl/N-ethyl adjacent to an activating group) is 2. The van der Waals surface area contributed by atoms with Crippen molar-refractivity contribution in [2.45, 2.75) is 38.5 Å². The standard InChI is InChI=1S/2C19H17FN2O2/c2*1-18(2)15-8-9-22(3)17(24)19(15,10-12(11-21)16(18)23)13-4-6-14(20)7-5-13/h2*4-8,10H,9H2,1-3H3/t2*19-/m10/s1. The van der Waals surface area contributed by atoms with Crippen LogP contribution in [-0.4, -0.2) is 60.4 Å². The van der Waals surface area contributed by atoms with E-state index >= 15 is 0 Å². The van der Waals surface area contributed by atoms with Crippen LogP contribution in [0.1, 0.15) is 38.8 Å². The van der Waals surface area contributed by atoms with Crippen molar-refractivity contribution in [1.29, 1.82) is 10.5 Å². The molecule has 2 aliphatic heterocycles. The molecule has 48 heavy (non-hydrogen) atoms. The average Bonchev–Trinajstić information content (AvgIpc) is 3.05. The lowest BCUT2D eigenvalue weighted by Gasteiger charge is -2.47. The summed E-state index contributed by atoms with van der Waals surface area (Å²) in [7, 11) is 3.34. The molecule has 6 rings (SSSR count). The molecule has 0 N–H and O–H groups in total. The van der Waals surface area contributed by atoms with Crippen LogP contribution in [-0.2, 0) is 30.0 Å². The van der Waals surface area contributed by atoms with Crippen molar-refractivity contribution in [3.05, 3.63) is 118 Å². The van der Waals surface area contributed by atoms with Crippen LogP contribution in [0.2, 0.25) is 0 Å². The number of Topliss-reactive ketones (excluding diaryl/α,β-unsaturated/α-hetero) is 2. The van der Waals surface area contributed by atoms with Crippen molar-refractivity contribution in [3.8, 4) is 12.1 Å². The molecule has 0 spiro atoms. The van der Waals surface area contributed by atoms with Crippen LogP contribution < -0.4 is 0 Å². The van der Waals surface area contributed by atoms with Crippen molar-refractivity contribution in [2.75, 3.05) is 27.2 Å². The number of ketones is 2. The van der Waals surface area contributed by atoms with Gasteiger partial charge in [-0.05, 0) is 86.4 Å². The van der Waals surface area contributed by atoms with Gasteiger partial charge < -0.3 is 9.80 Å². The molecule has 0 bridgehead atoms. The molecule has 10 heteroatoms. The zero-order valence-corrected chi connectivity index (χ0v) is 27.5. The molecule has 0 radical (unpaired) electrons.